The van der Waals surface area contributed by atoms with Crippen molar-refractivity contribution >= 4 is 28.7 Å². The van der Waals surface area contributed by atoms with Crippen LogP contribution >= 0.6 is 11.6 Å². The molecule has 1 aromatic heterocycles. The minimum Gasteiger partial charge on any atom is -0.444 e. The highest BCUT2D eigenvalue weighted by Crippen LogP contribution is 2.25. The molecule has 0 spiro atoms. The van der Waals surface area contributed by atoms with Gasteiger partial charge in [-0.15, -0.1) is 5.10 Å². The van der Waals surface area contributed by atoms with Crippen molar-refractivity contribution in [2.24, 2.45) is 5.92 Å². The molecule has 23 heavy (non-hydrogen) atoms. The molecule has 0 radical (unpaired) electrons. The highest BCUT2D eigenvalue weighted by atomic mass is 35.5. The average Bonchev–Trinajstić information content (AvgIpc) is 3.06. The lowest BCUT2D eigenvalue weighted by atomic mass is 10.1. The Hall–Kier alpha value is -1.82. The molecule has 6 nitrogen and oxygen atoms in total. The molecule has 1 aliphatic heterocycles. The average molecular weight is 337 g/mol. The Morgan fingerprint density at radius 2 is 2.22 bits per heavy atom. The maximum absolute atomic E-state index is 12.1. The maximum Gasteiger partial charge on any atom is 0.410 e. The molecule has 1 fully saturated rings. The van der Waals surface area contributed by atoms with Crippen LogP contribution in [0.4, 0.5) is 4.79 Å². The molecule has 1 aliphatic rings. The number of rotatable bonds is 2. The van der Waals surface area contributed by atoms with Crippen molar-refractivity contribution in [3.8, 4) is 0 Å². The molecule has 3 rings (SSSR count). The first-order valence-corrected chi connectivity index (χ1v) is 8.17. The van der Waals surface area contributed by atoms with Gasteiger partial charge in [0.15, 0.2) is 0 Å². The van der Waals surface area contributed by atoms with Crippen LogP contribution in [0.25, 0.3) is 11.0 Å². The molecule has 2 heterocycles. The van der Waals surface area contributed by atoms with E-state index in [-0.39, 0.29) is 6.09 Å². The van der Waals surface area contributed by atoms with E-state index in [1.54, 1.807) is 4.90 Å². The zero-order valence-corrected chi connectivity index (χ0v) is 14.4. The molecular formula is C16H21ClN4O2. The Morgan fingerprint density at radius 1 is 1.43 bits per heavy atom. The predicted molar refractivity (Wildman–Crippen MR) is 88.5 cm³/mol. The molecule has 0 saturated carbocycles. The van der Waals surface area contributed by atoms with Crippen molar-refractivity contribution in [1.29, 1.82) is 0 Å². The van der Waals surface area contributed by atoms with Crippen molar-refractivity contribution in [2.45, 2.75) is 39.3 Å². The summed E-state index contributed by atoms with van der Waals surface area (Å²) in [5, 5.41) is 8.99. The van der Waals surface area contributed by atoms with Crippen LogP contribution in [-0.2, 0) is 11.3 Å². The van der Waals surface area contributed by atoms with E-state index in [0.717, 1.165) is 17.5 Å². The molecule has 1 unspecified atom stereocenters. The number of halogens is 1. The molecule has 2 aromatic rings. The number of benzene rings is 1. The summed E-state index contributed by atoms with van der Waals surface area (Å²) in [6.07, 6.45) is 0.673. The number of amides is 1. The van der Waals surface area contributed by atoms with Gasteiger partial charge in [0.1, 0.15) is 16.6 Å². The van der Waals surface area contributed by atoms with Crippen LogP contribution in [0.15, 0.2) is 18.2 Å². The molecule has 0 N–H and O–H groups in total. The second-order valence-electron chi connectivity index (χ2n) is 6.96. The van der Waals surface area contributed by atoms with E-state index >= 15 is 0 Å². The van der Waals surface area contributed by atoms with Crippen LogP contribution in [0.5, 0.6) is 0 Å². The van der Waals surface area contributed by atoms with Gasteiger partial charge >= 0.3 is 6.09 Å². The number of carbonyl (C=O) groups excluding carboxylic acids is 1. The number of para-hydroxylation sites is 1. The van der Waals surface area contributed by atoms with Crippen LogP contribution < -0.4 is 0 Å². The standard InChI is InChI=1S/C16H21ClN4O2/c1-16(2,3)23-15(22)20-8-7-11(9-20)10-21-14-12(17)5-4-6-13(14)18-19-21/h4-6,11H,7-10H2,1-3H3. The summed E-state index contributed by atoms with van der Waals surface area (Å²) >= 11 is 6.26. The molecule has 124 valence electrons. The minimum absolute atomic E-state index is 0.249. The van der Waals surface area contributed by atoms with Gasteiger partial charge < -0.3 is 9.64 Å². The largest absolute Gasteiger partial charge is 0.444 e. The zero-order chi connectivity index (χ0) is 16.6. The summed E-state index contributed by atoms with van der Waals surface area (Å²) in [5.41, 5.74) is 1.18. The van der Waals surface area contributed by atoms with Crippen LogP contribution in [0.3, 0.4) is 0 Å². The van der Waals surface area contributed by atoms with Gasteiger partial charge in [-0.3, -0.25) is 0 Å². The quantitative estimate of drug-likeness (QED) is 0.843. The maximum atomic E-state index is 12.1. The molecule has 0 bridgehead atoms. The topological polar surface area (TPSA) is 60.2 Å². The zero-order valence-electron chi connectivity index (χ0n) is 13.6. The van der Waals surface area contributed by atoms with E-state index in [0.29, 0.717) is 30.6 Å². The third kappa shape index (κ3) is 3.58. The van der Waals surface area contributed by atoms with Crippen molar-refractivity contribution < 1.29 is 9.53 Å². The summed E-state index contributed by atoms with van der Waals surface area (Å²) < 4.78 is 7.26. The van der Waals surface area contributed by atoms with Crippen molar-refractivity contribution in [3.05, 3.63) is 23.2 Å². The van der Waals surface area contributed by atoms with Gasteiger partial charge in [0, 0.05) is 19.6 Å². The number of nitrogens with zero attached hydrogens (tertiary/aromatic N) is 4. The number of fused-ring (bicyclic) bond motifs is 1. The van der Waals surface area contributed by atoms with Crippen LogP contribution in [0, 0.1) is 5.92 Å². The van der Waals surface area contributed by atoms with Crippen molar-refractivity contribution in [2.75, 3.05) is 13.1 Å². The summed E-state index contributed by atoms with van der Waals surface area (Å²) in [5.74, 6) is 0.323. The van der Waals surface area contributed by atoms with Crippen LogP contribution in [0.1, 0.15) is 27.2 Å². The van der Waals surface area contributed by atoms with Crippen molar-refractivity contribution in [3.63, 3.8) is 0 Å². The Morgan fingerprint density at radius 3 is 2.96 bits per heavy atom. The first-order valence-electron chi connectivity index (χ1n) is 7.79. The van der Waals surface area contributed by atoms with Gasteiger partial charge in [0.2, 0.25) is 0 Å². The number of aromatic nitrogens is 3. The van der Waals surface area contributed by atoms with Gasteiger partial charge in [0.25, 0.3) is 0 Å². The lowest BCUT2D eigenvalue weighted by molar-refractivity contribution is 0.0287. The number of hydrogen-bond donors (Lipinski definition) is 0. The fourth-order valence-electron chi connectivity index (χ4n) is 2.83. The first kappa shape index (κ1) is 16.1. The van der Waals surface area contributed by atoms with Crippen LogP contribution in [-0.4, -0.2) is 44.7 Å². The van der Waals surface area contributed by atoms with Gasteiger partial charge in [-0.25, -0.2) is 9.48 Å². The third-order valence-corrected chi connectivity index (χ3v) is 4.16. The predicted octanol–water partition coefficient (Wildman–Crippen LogP) is 3.34. The normalized spacial score (nSPS) is 18.6. The third-order valence-electron chi connectivity index (χ3n) is 3.85. The van der Waals surface area contributed by atoms with Gasteiger partial charge in [0.05, 0.1) is 5.02 Å². The van der Waals surface area contributed by atoms with E-state index in [1.807, 2.05) is 43.7 Å². The summed E-state index contributed by atoms with van der Waals surface area (Å²) in [6, 6.07) is 5.60. The lowest BCUT2D eigenvalue weighted by Gasteiger charge is -2.24. The molecule has 1 atom stereocenters. The Kier molecular flexibility index (Phi) is 4.19. The Bertz CT molecular complexity index is 722. The first-order chi connectivity index (χ1) is 10.8. The second kappa shape index (κ2) is 6.00. The number of carbonyl (C=O) groups is 1. The van der Waals surface area contributed by atoms with E-state index in [9.17, 15) is 4.79 Å². The van der Waals surface area contributed by atoms with Gasteiger partial charge in [-0.05, 0) is 45.2 Å². The number of likely N-dealkylation sites (tertiary alicyclic amines) is 1. The molecule has 0 aliphatic carbocycles. The molecule has 1 aromatic carbocycles. The fourth-order valence-corrected chi connectivity index (χ4v) is 3.10. The van der Waals surface area contributed by atoms with E-state index < -0.39 is 5.60 Å². The van der Waals surface area contributed by atoms with E-state index in [1.165, 1.54) is 0 Å². The molecule has 1 amide bonds. The monoisotopic (exact) mass is 336 g/mol. The fraction of sp³-hybridized carbons (Fsp3) is 0.562. The van der Waals surface area contributed by atoms with E-state index in [2.05, 4.69) is 10.3 Å². The Balaban J connectivity index is 1.67. The SMILES string of the molecule is CC(C)(C)OC(=O)N1CCC(Cn2nnc3cccc(Cl)c32)C1. The summed E-state index contributed by atoms with van der Waals surface area (Å²) in [4.78, 5) is 13.9. The number of ether oxygens (including phenoxy) is 1. The number of hydrogen-bond acceptors (Lipinski definition) is 4. The molecule has 1 saturated heterocycles. The highest BCUT2D eigenvalue weighted by Gasteiger charge is 2.30. The summed E-state index contributed by atoms with van der Waals surface area (Å²) in [6.45, 7) is 7.70. The second-order valence-corrected chi connectivity index (χ2v) is 7.37. The minimum atomic E-state index is -0.467. The van der Waals surface area contributed by atoms with Crippen molar-refractivity contribution in [1.82, 2.24) is 19.9 Å². The Labute approximate surface area is 140 Å². The van der Waals surface area contributed by atoms with E-state index in [4.69, 9.17) is 16.3 Å². The summed E-state index contributed by atoms with van der Waals surface area (Å²) in [7, 11) is 0. The van der Waals surface area contributed by atoms with Gasteiger partial charge in [-0.2, -0.15) is 0 Å². The molecular weight excluding hydrogens is 316 g/mol. The van der Waals surface area contributed by atoms with Gasteiger partial charge in [-0.1, -0.05) is 22.9 Å². The lowest BCUT2D eigenvalue weighted by Crippen LogP contribution is -2.35. The molecule has 7 heteroatoms. The van der Waals surface area contributed by atoms with Crippen LogP contribution in [0.2, 0.25) is 5.02 Å². The smallest absolute Gasteiger partial charge is 0.410 e. The highest BCUT2D eigenvalue weighted by molar-refractivity contribution is 6.34.